The number of nitriles is 1. The topological polar surface area (TPSA) is 84.0 Å². The molecule has 1 rings (SSSR count). The molecule has 0 radical (unpaired) electrons. The van der Waals surface area contributed by atoms with Crippen LogP contribution in [0.5, 0.6) is 0 Å². The summed E-state index contributed by atoms with van der Waals surface area (Å²) in [6.07, 6.45) is -3.02. The standard InChI is InChI=1S/C9H7ClF2N2O2S/c10-17(15,16)8-2-6(4-14)5(3-13)1-7(8)9(11)12/h1-2,9H,3,13H2. The van der Waals surface area contributed by atoms with Crippen molar-refractivity contribution < 1.29 is 17.2 Å². The fourth-order valence-electron chi connectivity index (χ4n) is 1.30. The Morgan fingerprint density at radius 2 is 2.06 bits per heavy atom. The Morgan fingerprint density at radius 1 is 1.47 bits per heavy atom. The lowest BCUT2D eigenvalue weighted by molar-refractivity contribution is 0.148. The van der Waals surface area contributed by atoms with Gasteiger partial charge in [0.2, 0.25) is 0 Å². The third-order valence-electron chi connectivity index (χ3n) is 2.07. The zero-order valence-electron chi connectivity index (χ0n) is 8.32. The Labute approximate surface area is 101 Å². The van der Waals surface area contributed by atoms with E-state index in [1.54, 1.807) is 6.07 Å². The number of benzene rings is 1. The lowest BCUT2D eigenvalue weighted by Gasteiger charge is -2.09. The summed E-state index contributed by atoms with van der Waals surface area (Å²) in [5, 5.41) is 8.74. The molecule has 17 heavy (non-hydrogen) atoms. The van der Waals surface area contributed by atoms with Crippen LogP contribution in [-0.4, -0.2) is 8.42 Å². The predicted molar refractivity (Wildman–Crippen MR) is 57.0 cm³/mol. The van der Waals surface area contributed by atoms with Crippen molar-refractivity contribution in [3.8, 4) is 6.07 Å². The van der Waals surface area contributed by atoms with Gasteiger partial charge in [0, 0.05) is 22.8 Å². The molecule has 0 unspecified atom stereocenters. The minimum Gasteiger partial charge on any atom is -0.326 e. The summed E-state index contributed by atoms with van der Waals surface area (Å²) in [6, 6.07) is 3.38. The van der Waals surface area contributed by atoms with Crippen molar-refractivity contribution in [3.63, 3.8) is 0 Å². The summed E-state index contributed by atoms with van der Waals surface area (Å²) < 4.78 is 47.6. The van der Waals surface area contributed by atoms with Crippen LogP contribution >= 0.6 is 10.7 Å². The molecule has 0 fully saturated rings. The lowest BCUT2D eigenvalue weighted by atomic mass is 10.0. The van der Waals surface area contributed by atoms with Crippen molar-refractivity contribution in [1.29, 1.82) is 5.26 Å². The number of nitrogens with zero attached hydrogens (tertiary/aromatic N) is 1. The summed E-state index contributed by atoms with van der Waals surface area (Å²) in [5.74, 6) is 0. The Morgan fingerprint density at radius 3 is 2.41 bits per heavy atom. The van der Waals surface area contributed by atoms with E-state index in [1.165, 1.54) is 0 Å². The molecule has 0 bridgehead atoms. The van der Waals surface area contributed by atoms with Crippen LogP contribution in [0.25, 0.3) is 0 Å². The quantitative estimate of drug-likeness (QED) is 0.857. The van der Waals surface area contributed by atoms with E-state index in [2.05, 4.69) is 0 Å². The number of halogens is 3. The summed E-state index contributed by atoms with van der Waals surface area (Å²) in [4.78, 5) is -0.761. The van der Waals surface area contributed by atoms with E-state index in [-0.39, 0.29) is 17.7 Å². The van der Waals surface area contributed by atoms with E-state index in [1.807, 2.05) is 0 Å². The minimum absolute atomic E-state index is 0.0869. The highest BCUT2D eigenvalue weighted by Gasteiger charge is 2.24. The maximum absolute atomic E-state index is 12.7. The molecule has 0 spiro atoms. The van der Waals surface area contributed by atoms with Crippen LogP contribution in [0.4, 0.5) is 8.78 Å². The monoisotopic (exact) mass is 280 g/mol. The zero-order chi connectivity index (χ0) is 13.2. The molecule has 0 heterocycles. The van der Waals surface area contributed by atoms with E-state index in [4.69, 9.17) is 21.7 Å². The van der Waals surface area contributed by atoms with Crippen LogP contribution in [0, 0.1) is 11.3 Å². The van der Waals surface area contributed by atoms with Crippen LogP contribution in [-0.2, 0) is 15.6 Å². The molecule has 1 aromatic rings. The second-order valence-corrected chi connectivity index (χ2v) is 5.64. The molecule has 1 aromatic carbocycles. The molecule has 2 N–H and O–H groups in total. The van der Waals surface area contributed by atoms with Crippen LogP contribution < -0.4 is 5.73 Å². The zero-order valence-corrected chi connectivity index (χ0v) is 9.89. The van der Waals surface area contributed by atoms with Gasteiger partial charge in [0.05, 0.1) is 16.5 Å². The van der Waals surface area contributed by atoms with Gasteiger partial charge in [-0.2, -0.15) is 5.26 Å². The molecule has 8 heteroatoms. The second-order valence-electron chi connectivity index (χ2n) is 3.10. The van der Waals surface area contributed by atoms with Gasteiger partial charge in [-0.3, -0.25) is 0 Å². The highest BCUT2D eigenvalue weighted by Crippen LogP contribution is 2.31. The van der Waals surface area contributed by atoms with Crippen molar-refractivity contribution in [1.82, 2.24) is 0 Å². The summed E-state index contributed by atoms with van der Waals surface area (Å²) in [7, 11) is 0.695. The number of rotatable bonds is 3. The molecular weight excluding hydrogens is 274 g/mol. The first-order chi connectivity index (χ1) is 7.81. The second kappa shape index (κ2) is 4.96. The van der Waals surface area contributed by atoms with Crippen LogP contribution in [0.3, 0.4) is 0 Å². The molecule has 0 aromatic heterocycles. The fraction of sp³-hybridized carbons (Fsp3) is 0.222. The smallest absolute Gasteiger partial charge is 0.265 e. The number of alkyl halides is 2. The highest BCUT2D eigenvalue weighted by molar-refractivity contribution is 8.13. The number of hydrogen-bond donors (Lipinski definition) is 1. The summed E-state index contributed by atoms with van der Waals surface area (Å²) in [6.45, 7) is -0.148. The Kier molecular flexibility index (Phi) is 4.03. The molecular formula is C9H7ClF2N2O2S. The van der Waals surface area contributed by atoms with Gasteiger partial charge < -0.3 is 5.73 Å². The van der Waals surface area contributed by atoms with Crippen molar-refractivity contribution >= 4 is 19.7 Å². The third-order valence-corrected chi connectivity index (χ3v) is 3.45. The van der Waals surface area contributed by atoms with Gasteiger partial charge in [-0.05, 0) is 17.7 Å². The molecule has 0 aliphatic carbocycles. The minimum atomic E-state index is -4.34. The fourth-order valence-corrected chi connectivity index (χ4v) is 2.39. The van der Waals surface area contributed by atoms with Gasteiger partial charge in [-0.25, -0.2) is 17.2 Å². The van der Waals surface area contributed by atoms with E-state index in [0.717, 1.165) is 12.1 Å². The van der Waals surface area contributed by atoms with Crippen molar-refractivity contribution in [2.24, 2.45) is 5.73 Å². The lowest BCUT2D eigenvalue weighted by Crippen LogP contribution is -2.06. The Hall–Kier alpha value is -1.23. The van der Waals surface area contributed by atoms with Crippen LogP contribution in [0.15, 0.2) is 17.0 Å². The normalized spacial score (nSPS) is 11.5. The van der Waals surface area contributed by atoms with Crippen molar-refractivity contribution in [2.75, 3.05) is 0 Å². The molecule has 0 atom stereocenters. The SMILES string of the molecule is N#Cc1cc(S(=O)(=O)Cl)c(C(F)F)cc1CN. The Bertz CT molecular complexity index is 581. The number of hydrogen-bond acceptors (Lipinski definition) is 4. The maximum atomic E-state index is 12.7. The van der Waals surface area contributed by atoms with Crippen LogP contribution in [0.1, 0.15) is 23.1 Å². The van der Waals surface area contributed by atoms with E-state index in [9.17, 15) is 17.2 Å². The first-order valence-corrected chi connectivity index (χ1v) is 6.62. The molecule has 0 aliphatic heterocycles. The summed E-state index contributed by atoms with van der Waals surface area (Å²) >= 11 is 0. The van der Waals surface area contributed by atoms with Gasteiger partial charge in [-0.1, -0.05) is 0 Å². The highest BCUT2D eigenvalue weighted by atomic mass is 35.7. The van der Waals surface area contributed by atoms with Crippen LogP contribution in [0.2, 0.25) is 0 Å². The van der Waals surface area contributed by atoms with Gasteiger partial charge in [0.15, 0.2) is 0 Å². The van der Waals surface area contributed by atoms with E-state index < -0.39 is 25.9 Å². The largest absolute Gasteiger partial charge is 0.326 e. The van der Waals surface area contributed by atoms with Gasteiger partial charge in [0.25, 0.3) is 15.5 Å². The van der Waals surface area contributed by atoms with Crippen molar-refractivity contribution in [2.45, 2.75) is 17.9 Å². The molecule has 0 saturated carbocycles. The van der Waals surface area contributed by atoms with Crippen molar-refractivity contribution in [3.05, 3.63) is 28.8 Å². The molecule has 0 saturated heterocycles. The third kappa shape index (κ3) is 2.91. The van der Waals surface area contributed by atoms with Gasteiger partial charge in [-0.15, -0.1) is 0 Å². The van der Waals surface area contributed by atoms with Gasteiger partial charge >= 0.3 is 0 Å². The molecule has 92 valence electrons. The summed E-state index contributed by atoms with van der Waals surface area (Å²) in [5.41, 5.74) is 4.58. The molecule has 0 amide bonds. The number of nitrogens with two attached hydrogens (primary N) is 1. The van der Waals surface area contributed by atoms with E-state index in [0.29, 0.717) is 0 Å². The first-order valence-electron chi connectivity index (χ1n) is 4.31. The first kappa shape index (κ1) is 13.8. The maximum Gasteiger partial charge on any atom is 0.265 e. The van der Waals surface area contributed by atoms with Gasteiger partial charge in [0.1, 0.15) is 0 Å². The predicted octanol–water partition coefficient (Wildman–Crippen LogP) is 1.88. The molecule has 0 aliphatic rings. The van der Waals surface area contributed by atoms with E-state index >= 15 is 0 Å². The molecule has 4 nitrogen and oxygen atoms in total. The Balaban J connectivity index is 3.65. The average Bonchev–Trinajstić information content (AvgIpc) is 2.25. The average molecular weight is 281 g/mol.